The van der Waals surface area contributed by atoms with E-state index in [1.165, 1.54) is 5.32 Å². The van der Waals surface area contributed by atoms with Gasteiger partial charge in [0.1, 0.15) is 16.7 Å². The lowest BCUT2D eigenvalue weighted by molar-refractivity contribution is -0.463. The van der Waals surface area contributed by atoms with E-state index in [0.717, 1.165) is 11.5 Å². The Morgan fingerprint density at radius 3 is 2.72 bits per heavy atom. The molecule has 18 heavy (non-hydrogen) atoms. The smallest absolute Gasteiger partial charge is 0.245 e. The largest absolute Gasteiger partial charge is 0.360 e. The van der Waals surface area contributed by atoms with Gasteiger partial charge in [-0.25, -0.2) is 10.1 Å². The van der Waals surface area contributed by atoms with Gasteiger partial charge in [0.2, 0.25) is 0 Å². The molecule has 0 bridgehead atoms. The monoisotopic (exact) mass is 298 g/mol. The number of quaternary nitrogens is 1. The second-order valence-electron chi connectivity index (χ2n) is 3.32. The molecule has 7 heteroatoms. The van der Waals surface area contributed by atoms with Crippen LogP contribution < -0.4 is 5.32 Å². The van der Waals surface area contributed by atoms with Gasteiger partial charge in [-0.1, -0.05) is 35.3 Å². The average molecular weight is 299 g/mol. The van der Waals surface area contributed by atoms with Crippen molar-refractivity contribution in [3.63, 3.8) is 0 Å². The van der Waals surface area contributed by atoms with E-state index >= 15 is 0 Å². The zero-order chi connectivity index (χ0) is 13.1. The Balaban J connectivity index is 2.28. The minimum absolute atomic E-state index is 0.118. The van der Waals surface area contributed by atoms with Crippen molar-refractivity contribution in [1.82, 2.24) is 4.37 Å². The normalized spacial score (nSPS) is 10.1. The van der Waals surface area contributed by atoms with Crippen LogP contribution in [0.1, 0.15) is 15.2 Å². The standard InChI is InChI=1S/C11H5Cl2N3OS/c12-8-9(18-16-10(8)13)11(17)15-7-4-2-1-3-6(7)5-14/h1-4H,(H,15,17)/p+1. The topological polar surface area (TPSA) is 70.4 Å². The fourth-order valence-corrected chi connectivity index (χ4v) is 2.48. The maximum atomic E-state index is 12.0. The van der Waals surface area contributed by atoms with Gasteiger partial charge in [-0.05, 0) is 17.6 Å². The molecule has 2 rings (SSSR count). The van der Waals surface area contributed by atoms with Crippen LogP contribution in [0.15, 0.2) is 24.3 Å². The Morgan fingerprint density at radius 1 is 1.39 bits per heavy atom. The van der Waals surface area contributed by atoms with Crippen molar-refractivity contribution in [3.05, 3.63) is 44.9 Å². The predicted octanol–water partition coefficient (Wildman–Crippen LogP) is 2.36. The number of hydrogen-bond donors (Lipinski definition) is 1. The van der Waals surface area contributed by atoms with E-state index in [9.17, 15) is 4.79 Å². The van der Waals surface area contributed by atoms with Crippen molar-refractivity contribution >= 4 is 46.3 Å². The zero-order valence-electron chi connectivity index (χ0n) is 8.85. The highest BCUT2D eigenvalue weighted by Crippen LogP contribution is 2.27. The first-order valence-corrected chi connectivity index (χ1v) is 6.35. The van der Waals surface area contributed by atoms with Gasteiger partial charge in [0.15, 0.2) is 15.7 Å². The minimum atomic E-state index is -0.313. The first-order valence-electron chi connectivity index (χ1n) is 4.82. The lowest BCUT2D eigenvalue weighted by Crippen LogP contribution is -2.82. The van der Waals surface area contributed by atoms with Gasteiger partial charge in [0.05, 0.1) is 0 Å². The van der Waals surface area contributed by atoms with Crippen molar-refractivity contribution < 1.29 is 10.1 Å². The number of nitrogens with zero attached hydrogens (tertiary/aromatic N) is 2. The van der Waals surface area contributed by atoms with Crippen LogP contribution in [0, 0.1) is 11.3 Å². The number of hydrogen-bond acceptors (Lipinski definition) is 4. The molecule has 0 saturated carbocycles. The van der Waals surface area contributed by atoms with E-state index in [1.54, 1.807) is 24.3 Å². The number of aromatic nitrogens is 1. The summed E-state index contributed by atoms with van der Waals surface area (Å²) >= 11 is 12.5. The van der Waals surface area contributed by atoms with Crippen molar-refractivity contribution in [2.24, 2.45) is 0 Å². The number of carbonyl (C=O) groups is 1. The Kier molecular flexibility index (Phi) is 3.94. The van der Waals surface area contributed by atoms with Crippen molar-refractivity contribution in [2.75, 3.05) is 0 Å². The number of benzene rings is 1. The molecule has 0 saturated heterocycles. The zero-order valence-corrected chi connectivity index (χ0v) is 11.2. The molecule has 0 radical (unpaired) electrons. The van der Waals surface area contributed by atoms with Gasteiger partial charge in [-0.15, -0.1) is 0 Å². The average Bonchev–Trinajstić information content (AvgIpc) is 2.71. The van der Waals surface area contributed by atoms with Gasteiger partial charge in [0, 0.05) is 6.07 Å². The van der Waals surface area contributed by atoms with E-state index in [1.807, 2.05) is 6.07 Å². The van der Waals surface area contributed by atoms with Crippen molar-refractivity contribution in [2.45, 2.75) is 0 Å². The molecule has 1 aromatic carbocycles. The molecule has 90 valence electrons. The quantitative estimate of drug-likeness (QED) is 0.865. The highest BCUT2D eigenvalue weighted by molar-refractivity contribution is 7.09. The van der Waals surface area contributed by atoms with E-state index < -0.39 is 0 Å². The van der Waals surface area contributed by atoms with Crippen LogP contribution in [0.2, 0.25) is 10.2 Å². The third-order valence-electron chi connectivity index (χ3n) is 2.19. The fraction of sp³-hybridized carbons (Fsp3) is 0. The number of nitrogens with two attached hydrogens (primary N) is 1. The summed E-state index contributed by atoms with van der Waals surface area (Å²) in [6.45, 7) is 0. The number of para-hydroxylation sites is 1. The number of amides is 1. The molecule has 0 aliphatic carbocycles. The molecule has 4 nitrogen and oxygen atoms in total. The number of carbonyl (C=O) groups excluding carboxylic acids is 1. The maximum absolute atomic E-state index is 12.0. The minimum Gasteiger partial charge on any atom is -0.245 e. The SMILES string of the molecule is N#Cc1ccccc1[NH2+]C(=O)c1snc(Cl)c1Cl. The third-order valence-corrected chi connectivity index (χ3v) is 4.00. The summed E-state index contributed by atoms with van der Waals surface area (Å²) < 4.78 is 3.79. The molecule has 0 fully saturated rings. The molecular weight excluding hydrogens is 293 g/mol. The first kappa shape index (κ1) is 13.0. The van der Waals surface area contributed by atoms with Gasteiger partial charge < -0.3 is 0 Å². The lowest BCUT2D eigenvalue weighted by atomic mass is 10.2. The van der Waals surface area contributed by atoms with Crippen LogP contribution in [0.4, 0.5) is 5.69 Å². The van der Waals surface area contributed by atoms with Gasteiger partial charge in [0.25, 0.3) is 0 Å². The Labute approximate surface area is 117 Å². The molecule has 0 spiro atoms. The summed E-state index contributed by atoms with van der Waals surface area (Å²) in [5, 5.41) is 10.5. The molecule has 1 aromatic heterocycles. The van der Waals surface area contributed by atoms with Crippen LogP contribution in [-0.2, 0) is 0 Å². The summed E-state index contributed by atoms with van der Waals surface area (Å²) in [6, 6.07) is 8.83. The summed E-state index contributed by atoms with van der Waals surface area (Å²) in [5.74, 6) is -0.313. The van der Waals surface area contributed by atoms with Gasteiger partial charge in [-0.3, -0.25) is 0 Å². The molecule has 2 aromatic rings. The summed E-state index contributed by atoms with van der Waals surface area (Å²) in [4.78, 5) is 12.3. The highest BCUT2D eigenvalue weighted by Gasteiger charge is 2.22. The number of halogens is 2. The molecular formula is C11H6Cl2N3OS+. The predicted molar refractivity (Wildman–Crippen MR) is 69.2 cm³/mol. The van der Waals surface area contributed by atoms with E-state index in [0.29, 0.717) is 11.3 Å². The molecule has 1 heterocycles. The number of nitriles is 1. The Bertz CT molecular complexity index is 648. The third kappa shape index (κ3) is 2.52. The molecule has 0 atom stereocenters. The van der Waals surface area contributed by atoms with Crippen LogP contribution in [0.25, 0.3) is 0 Å². The lowest BCUT2D eigenvalue weighted by Gasteiger charge is -1.99. The summed E-state index contributed by atoms with van der Waals surface area (Å²) in [6.07, 6.45) is 0. The molecule has 0 aliphatic heterocycles. The molecule has 1 amide bonds. The summed E-state index contributed by atoms with van der Waals surface area (Å²) in [7, 11) is 0. The number of rotatable bonds is 2. The van der Waals surface area contributed by atoms with Crippen molar-refractivity contribution in [1.29, 1.82) is 5.26 Å². The first-order chi connectivity index (χ1) is 8.63. The highest BCUT2D eigenvalue weighted by atomic mass is 35.5. The van der Waals surface area contributed by atoms with Crippen LogP contribution in [0.3, 0.4) is 0 Å². The molecule has 0 unspecified atom stereocenters. The van der Waals surface area contributed by atoms with Crippen LogP contribution in [0.5, 0.6) is 0 Å². The fourth-order valence-electron chi connectivity index (χ4n) is 1.34. The van der Waals surface area contributed by atoms with Gasteiger partial charge in [-0.2, -0.15) is 9.64 Å². The van der Waals surface area contributed by atoms with Crippen molar-refractivity contribution in [3.8, 4) is 6.07 Å². The van der Waals surface area contributed by atoms with E-state index in [-0.39, 0.29) is 21.0 Å². The number of primary amides is 1. The maximum Gasteiger partial charge on any atom is 0.360 e. The van der Waals surface area contributed by atoms with Crippen LogP contribution in [-0.4, -0.2) is 10.3 Å². The van der Waals surface area contributed by atoms with E-state index in [2.05, 4.69) is 4.37 Å². The van der Waals surface area contributed by atoms with Gasteiger partial charge >= 0.3 is 5.91 Å². The van der Waals surface area contributed by atoms with Crippen LogP contribution >= 0.6 is 34.7 Å². The molecule has 0 aliphatic rings. The Morgan fingerprint density at radius 2 is 2.11 bits per heavy atom. The second kappa shape index (κ2) is 5.46. The summed E-state index contributed by atoms with van der Waals surface area (Å²) in [5.41, 5.74) is 0.975. The molecule has 2 N–H and O–H groups in total. The van der Waals surface area contributed by atoms with E-state index in [4.69, 9.17) is 28.5 Å². The Hall–Kier alpha value is -1.45. The second-order valence-corrected chi connectivity index (χ2v) is 4.83.